The van der Waals surface area contributed by atoms with Crippen LogP contribution < -0.4 is 10.2 Å². The molecule has 106 valence electrons. The van der Waals surface area contributed by atoms with E-state index in [1.165, 1.54) is 41.9 Å². The first-order chi connectivity index (χ1) is 8.97. The number of carbonyl (C=O) groups is 1. The zero-order chi connectivity index (χ0) is 14.0. The van der Waals surface area contributed by atoms with Crippen molar-refractivity contribution < 1.29 is 9.69 Å². The molecule has 1 aliphatic rings. The van der Waals surface area contributed by atoms with Gasteiger partial charge in [-0.1, -0.05) is 6.92 Å². The van der Waals surface area contributed by atoms with Crippen molar-refractivity contribution in [3.05, 3.63) is 16.0 Å². The largest absolute Gasteiger partial charge is 0.331 e. The number of likely N-dealkylation sites (tertiary alicyclic amines) is 1. The predicted molar refractivity (Wildman–Crippen MR) is 80.9 cm³/mol. The maximum Gasteiger partial charge on any atom is 0.221 e. The van der Waals surface area contributed by atoms with Gasteiger partial charge in [-0.15, -0.1) is 11.3 Å². The van der Waals surface area contributed by atoms with Gasteiger partial charge < -0.3 is 10.2 Å². The van der Waals surface area contributed by atoms with E-state index < -0.39 is 0 Å². The topological polar surface area (TPSA) is 33.5 Å². The molecule has 2 heterocycles. The van der Waals surface area contributed by atoms with Crippen molar-refractivity contribution in [1.82, 2.24) is 0 Å². The van der Waals surface area contributed by atoms with Crippen LogP contribution in [0.1, 0.15) is 42.7 Å². The number of rotatable bonds is 3. The minimum Gasteiger partial charge on any atom is -0.331 e. The van der Waals surface area contributed by atoms with E-state index in [0.29, 0.717) is 0 Å². The molecule has 1 aromatic heterocycles. The van der Waals surface area contributed by atoms with E-state index in [2.05, 4.69) is 26.1 Å². The maximum absolute atomic E-state index is 11.3. The highest BCUT2D eigenvalue weighted by molar-refractivity contribution is 7.16. The lowest BCUT2D eigenvalue weighted by atomic mass is 9.99. The molecule has 2 N–H and O–H groups in total. The lowest BCUT2D eigenvalue weighted by Crippen LogP contribution is -3.12. The van der Waals surface area contributed by atoms with Crippen LogP contribution in [0.4, 0.5) is 5.00 Å². The highest BCUT2D eigenvalue weighted by Gasteiger charge is 2.23. The highest BCUT2D eigenvalue weighted by Crippen LogP contribution is 2.32. The summed E-state index contributed by atoms with van der Waals surface area (Å²) in [5.74, 6) is 0.859. The Balaban J connectivity index is 2.15. The SMILES string of the molecule is CC(=O)Nc1sc(C)c(C)c1C[NH+]1CCC[C@H](C)C1. The maximum atomic E-state index is 11.3. The lowest BCUT2D eigenvalue weighted by Gasteiger charge is -2.28. The van der Waals surface area contributed by atoms with Crippen LogP contribution in [0.25, 0.3) is 0 Å². The smallest absolute Gasteiger partial charge is 0.221 e. The Kier molecular flexibility index (Phi) is 4.63. The van der Waals surface area contributed by atoms with Crippen molar-refractivity contribution in [1.29, 1.82) is 0 Å². The second kappa shape index (κ2) is 6.06. The van der Waals surface area contributed by atoms with Crippen LogP contribution >= 0.6 is 11.3 Å². The number of hydrogen-bond donors (Lipinski definition) is 2. The van der Waals surface area contributed by atoms with Crippen LogP contribution in [0.5, 0.6) is 0 Å². The van der Waals surface area contributed by atoms with E-state index in [0.717, 1.165) is 17.5 Å². The number of nitrogens with one attached hydrogen (secondary N) is 2. The first-order valence-electron chi connectivity index (χ1n) is 7.17. The van der Waals surface area contributed by atoms with Gasteiger partial charge >= 0.3 is 0 Å². The normalized spacial score (nSPS) is 23.4. The quantitative estimate of drug-likeness (QED) is 0.874. The van der Waals surface area contributed by atoms with E-state index in [9.17, 15) is 4.79 Å². The second-order valence-corrected chi connectivity index (χ2v) is 7.13. The molecule has 1 unspecified atom stereocenters. The van der Waals surface area contributed by atoms with Gasteiger partial charge in [-0.2, -0.15) is 0 Å². The summed E-state index contributed by atoms with van der Waals surface area (Å²) < 4.78 is 0. The van der Waals surface area contributed by atoms with Gasteiger partial charge in [0, 0.05) is 23.3 Å². The third kappa shape index (κ3) is 3.57. The first kappa shape index (κ1) is 14.5. The van der Waals surface area contributed by atoms with Crippen LogP contribution in [0, 0.1) is 19.8 Å². The fourth-order valence-corrected chi connectivity index (χ4v) is 4.08. The van der Waals surface area contributed by atoms with E-state index in [1.54, 1.807) is 23.2 Å². The van der Waals surface area contributed by atoms with Crippen molar-refractivity contribution in [3.8, 4) is 0 Å². The number of anilines is 1. The number of aryl methyl sites for hydroxylation is 1. The Morgan fingerprint density at radius 2 is 2.21 bits per heavy atom. The van der Waals surface area contributed by atoms with Crippen molar-refractivity contribution in [2.75, 3.05) is 18.4 Å². The van der Waals surface area contributed by atoms with Gasteiger partial charge in [0.25, 0.3) is 0 Å². The van der Waals surface area contributed by atoms with Gasteiger partial charge in [-0.3, -0.25) is 4.79 Å². The summed E-state index contributed by atoms with van der Waals surface area (Å²) >= 11 is 1.71. The molecule has 0 saturated carbocycles. The van der Waals surface area contributed by atoms with Crippen LogP contribution in [0.3, 0.4) is 0 Å². The molecule has 1 aromatic rings. The fraction of sp³-hybridized carbons (Fsp3) is 0.667. The molecule has 2 rings (SSSR count). The van der Waals surface area contributed by atoms with E-state index >= 15 is 0 Å². The molecule has 0 aliphatic carbocycles. The molecule has 0 aromatic carbocycles. The molecule has 2 atom stereocenters. The minimum atomic E-state index is 0.0320. The van der Waals surface area contributed by atoms with Gasteiger partial charge in [0.2, 0.25) is 5.91 Å². The summed E-state index contributed by atoms with van der Waals surface area (Å²) in [7, 11) is 0. The third-order valence-corrected chi connectivity index (χ3v) is 5.26. The Hall–Kier alpha value is -0.870. The zero-order valence-electron chi connectivity index (χ0n) is 12.4. The van der Waals surface area contributed by atoms with E-state index in [4.69, 9.17) is 0 Å². The summed E-state index contributed by atoms with van der Waals surface area (Å²) in [6.07, 6.45) is 2.69. The molecule has 1 saturated heterocycles. The van der Waals surface area contributed by atoms with E-state index in [-0.39, 0.29) is 5.91 Å². The first-order valence-corrected chi connectivity index (χ1v) is 7.99. The number of hydrogen-bond acceptors (Lipinski definition) is 2. The van der Waals surface area contributed by atoms with Gasteiger partial charge in [0.15, 0.2) is 0 Å². The Morgan fingerprint density at radius 3 is 2.84 bits per heavy atom. The third-order valence-electron chi connectivity index (χ3n) is 4.09. The molecule has 1 fully saturated rings. The molecule has 0 bridgehead atoms. The van der Waals surface area contributed by atoms with Crippen molar-refractivity contribution in [2.45, 2.75) is 47.1 Å². The van der Waals surface area contributed by atoms with Crippen molar-refractivity contribution in [3.63, 3.8) is 0 Å². The van der Waals surface area contributed by atoms with Crippen LogP contribution in [-0.4, -0.2) is 19.0 Å². The van der Waals surface area contributed by atoms with Crippen LogP contribution in [0.15, 0.2) is 0 Å². The molecule has 1 amide bonds. The number of amides is 1. The Bertz CT molecular complexity index is 467. The number of piperidine rings is 1. The summed E-state index contributed by atoms with van der Waals surface area (Å²) in [6.45, 7) is 11.8. The Morgan fingerprint density at radius 1 is 1.47 bits per heavy atom. The van der Waals surface area contributed by atoms with Gasteiger partial charge in [-0.25, -0.2) is 0 Å². The molecule has 4 heteroatoms. The Labute approximate surface area is 120 Å². The standard InChI is InChI=1S/C15H24N2OS/c1-10-6-5-7-17(8-10)9-14-11(2)12(3)19-15(14)16-13(4)18/h10H,5-9H2,1-4H3,(H,16,18)/p+1/t10-/m0/s1. The second-order valence-electron chi connectivity index (χ2n) is 5.90. The van der Waals surface area contributed by atoms with Gasteiger partial charge in [-0.05, 0) is 32.3 Å². The van der Waals surface area contributed by atoms with Crippen molar-refractivity contribution >= 4 is 22.2 Å². The van der Waals surface area contributed by atoms with Gasteiger partial charge in [0.1, 0.15) is 11.5 Å². The minimum absolute atomic E-state index is 0.0320. The molecule has 0 radical (unpaired) electrons. The van der Waals surface area contributed by atoms with Crippen molar-refractivity contribution in [2.24, 2.45) is 5.92 Å². The monoisotopic (exact) mass is 281 g/mol. The highest BCUT2D eigenvalue weighted by atomic mass is 32.1. The predicted octanol–water partition coefficient (Wildman–Crippen LogP) is 2.14. The molecular formula is C15H25N2OS+. The average molecular weight is 281 g/mol. The summed E-state index contributed by atoms with van der Waals surface area (Å²) in [6, 6.07) is 0. The summed E-state index contributed by atoms with van der Waals surface area (Å²) in [4.78, 5) is 14.3. The lowest BCUT2D eigenvalue weighted by molar-refractivity contribution is -0.922. The van der Waals surface area contributed by atoms with Crippen LogP contribution in [-0.2, 0) is 11.3 Å². The number of quaternary nitrogens is 1. The fourth-order valence-electron chi connectivity index (χ4n) is 2.96. The zero-order valence-corrected chi connectivity index (χ0v) is 13.2. The molecule has 19 heavy (non-hydrogen) atoms. The van der Waals surface area contributed by atoms with Crippen LogP contribution in [0.2, 0.25) is 0 Å². The summed E-state index contributed by atoms with van der Waals surface area (Å²) in [5.41, 5.74) is 2.71. The molecule has 0 spiro atoms. The average Bonchev–Trinajstić information content (AvgIpc) is 2.56. The molecular weight excluding hydrogens is 256 g/mol. The van der Waals surface area contributed by atoms with E-state index in [1.807, 2.05) is 0 Å². The molecule has 1 aliphatic heterocycles. The summed E-state index contributed by atoms with van der Waals surface area (Å²) in [5, 5.41) is 4.07. The molecule has 3 nitrogen and oxygen atoms in total. The van der Waals surface area contributed by atoms with Gasteiger partial charge in [0.05, 0.1) is 13.1 Å². The number of thiophene rings is 1. The number of carbonyl (C=O) groups excluding carboxylic acids is 1.